The Morgan fingerprint density at radius 3 is 2.20 bits per heavy atom. The van der Waals surface area contributed by atoms with Crippen molar-refractivity contribution in [1.29, 1.82) is 0 Å². The lowest BCUT2D eigenvalue weighted by Crippen LogP contribution is -2.47. The summed E-state index contributed by atoms with van der Waals surface area (Å²) in [7, 11) is 1.80. The standard InChI is InChI=1S/C33H25F3N4O3S/c1-39-29(26(17-37-39)20-9-3-2-4-10-20)22-16-28(44-19-22)30(41)38-23(15-21-11-5-8-14-27(21)33(34,35)36)18-40-31(42)24-12-6-7-13-25(24)32(40)43/h2-14,16-17,19,23H,15,18H2,1H3,(H,38,41)/t23-/m0/s1. The number of amides is 3. The van der Waals surface area contributed by atoms with E-state index in [1.165, 1.54) is 41.7 Å². The van der Waals surface area contributed by atoms with Gasteiger partial charge in [-0.05, 0) is 41.8 Å². The van der Waals surface area contributed by atoms with Crippen LogP contribution in [0.25, 0.3) is 22.4 Å². The Kier molecular flexibility index (Phi) is 7.64. The van der Waals surface area contributed by atoms with E-state index in [0.717, 1.165) is 33.4 Å². The van der Waals surface area contributed by atoms with E-state index >= 15 is 0 Å². The molecular formula is C33H25F3N4O3S. The van der Waals surface area contributed by atoms with Gasteiger partial charge in [0.1, 0.15) is 0 Å². The first kappa shape index (κ1) is 29.1. The number of rotatable bonds is 8. The minimum absolute atomic E-state index is 0.0591. The first-order valence-corrected chi connectivity index (χ1v) is 14.6. The topological polar surface area (TPSA) is 84.3 Å². The van der Waals surface area contributed by atoms with E-state index in [9.17, 15) is 27.6 Å². The molecule has 11 heteroatoms. The maximum absolute atomic E-state index is 13.8. The molecule has 0 aliphatic carbocycles. The van der Waals surface area contributed by atoms with Gasteiger partial charge in [0.2, 0.25) is 0 Å². The molecule has 0 fully saturated rings. The van der Waals surface area contributed by atoms with E-state index in [0.29, 0.717) is 4.88 Å². The van der Waals surface area contributed by atoms with Gasteiger partial charge in [0, 0.05) is 30.1 Å². The number of thiophene rings is 1. The van der Waals surface area contributed by atoms with Crippen molar-refractivity contribution < 1.29 is 27.6 Å². The molecule has 0 bridgehead atoms. The van der Waals surface area contributed by atoms with E-state index in [4.69, 9.17) is 0 Å². The number of alkyl halides is 3. The van der Waals surface area contributed by atoms with Crippen molar-refractivity contribution in [2.75, 3.05) is 6.54 Å². The van der Waals surface area contributed by atoms with E-state index in [2.05, 4.69) is 10.4 Å². The number of imide groups is 1. The highest BCUT2D eigenvalue weighted by Crippen LogP contribution is 2.35. The van der Waals surface area contributed by atoms with Gasteiger partial charge in [-0.15, -0.1) is 11.3 Å². The van der Waals surface area contributed by atoms with Crippen LogP contribution >= 0.6 is 11.3 Å². The number of hydrogen-bond acceptors (Lipinski definition) is 5. The van der Waals surface area contributed by atoms with Crippen molar-refractivity contribution in [2.45, 2.75) is 18.6 Å². The summed E-state index contributed by atoms with van der Waals surface area (Å²) in [5.74, 6) is -1.65. The molecule has 3 amide bonds. The molecule has 1 atom stereocenters. The maximum atomic E-state index is 13.8. The van der Waals surface area contributed by atoms with Crippen LogP contribution in [-0.4, -0.2) is 45.0 Å². The van der Waals surface area contributed by atoms with Crippen LogP contribution in [0.15, 0.2) is 96.5 Å². The molecule has 0 saturated carbocycles. The third kappa shape index (κ3) is 5.53. The van der Waals surface area contributed by atoms with Crippen LogP contribution < -0.4 is 5.32 Å². The van der Waals surface area contributed by atoms with Crippen molar-refractivity contribution in [3.63, 3.8) is 0 Å². The lowest BCUT2D eigenvalue weighted by molar-refractivity contribution is -0.138. The summed E-state index contributed by atoms with van der Waals surface area (Å²) in [6.07, 6.45) is -3.13. The molecule has 222 valence electrons. The van der Waals surface area contributed by atoms with E-state index in [1.807, 2.05) is 35.7 Å². The van der Waals surface area contributed by atoms with E-state index < -0.39 is 35.5 Å². The second-order valence-corrected chi connectivity index (χ2v) is 11.3. The number of nitrogens with one attached hydrogen (secondary N) is 1. The fraction of sp³-hybridized carbons (Fsp3) is 0.152. The van der Waals surface area contributed by atoms with Gasteiger partial charge >= 0.3 is 6.18 Å². The van der Waals surface area contributed by atoms with Gasteiger partial charge in [-0.25, -0.2) is 0 Å². The number of carbonyl (C=O) groups is 3. The molecule has 0 radical (unpaired) electrons. The molecule has 0 saturated heterocycles. The maximum Gasteiger partial charge on any atom is 0.416 e. The summed E-state index contributed by atoms with van der Waals surface area (Å²) in [5.41, 5.74) is 2.91. The fourth-order valence-corrected chi connectivity index (χ4v) is 6.27. The Morgan fingerprint density at radius 2 is 1.52 bits per heavy atom. The third-order valence-electron chi connectivity index (χ3n) is 7.53. The van der Waals surface area contributed by atoms with Crippen LogP contribution in [0.5, 0.6) is 0 Å². The number of hydrogen-bond donors (Lipinski definition) is 1. The van der Waals surface area contributed by atoms with Crippen LogP contribution in [0.1, 0.15) is 41.5 Å². The zero-order valence-electron chi connectivity index (χ0n) is 23.3. The smallest absolute Gasteiger partial charge is 0.346 e. The minimum Gasteiger partial charge on any atom is -0.346 e. The summed E-state index contributed by atoms with van der Waals surface area (Å²) in [6.45, 7) is -0.303. The van der Waals surface area contributed by atoms with Gasteiger partial charge < -0.3 is 5.32 Å². The average molecular weight is 615 g/mol. The SMILES string of the molecule is Cn1ncc(-c2ccccc2)c1-c1csc(C(=O)N[C@@H](Cc2ccccc2C(F)(F)F)CN2C(=O)c3ccccc3C2=O)c1. The fourth-order valence-electron chi connectivity index (χ4n) is 5.47. The molecule has 1 aliphatic rings. The monoisotopic (exact) mass is 614 g/mol. The average Bonchev–Trinajstić information content (AvgIpc) is 3.71. The summed E-state index contributed by atoms with van der Waals surface area (Å²) in [5, 5.41) is 9.02. The second-order valence-electron chi connectivity index (χ2n) is 10.4. The molecule has 44 heavy (non-hydrogen) atoms. The Morgan fingerprint density at radius 1 is 0.886 bits per heavy atom. The molecule has 5 aromatic rings. The van der Waals surface area contributed by atoms with Gasteiger partial charge in [0.15, 0.2) is 0 Å². The molecule has 3 heterocycles. The molecule has 0 unspecified atom stereocenters. The van der Waals surface area contributed by atoms with Crippen LogP contribution in [0.4, 0.5) is 13.2 Å². The molecule has 3 aromatic carbocycles. The second kappa shape index (κ2) is 11.6. The number of carbonyl (C=O) groups excluding carboxylic acids is 3. The van der Waals surface area contributed by atoms with E-state index in [-0.39, 0.29) is 29.7 Å². The Labute approximate surface area is 254 Å². The van der Waals surface area contributed by atoms with Crippen LogP contribution in [-0.2, 0) is 19.6 Å². The number of aromatic nitrogens is 2. The molecule has 6 rings (SSSR count). The normalized spacial score (nSPS) is 13.7. The third-order valence-corrected chi connectivity index (χ3v) is 8.45. The van der Waals surface area contributed by atoms with Crippen LogP contribution in [0.3, 0.4) is 0 Å². The summed E-state index contributed by atoms with van der Waals surface area (Å²) < 4.78 is 43.3. The first-order valence-electron chi connectivity index (χ1n) is 13.7. The van der Waals surface area contributed by atoms with Gasteiger partial charge in [0.05, 0.1) is 39.5 Å². The largest absolute Gasteiger partial charge is 0.416 e. The lowest BCUT2D eigenvalue weighted by Gasteiger charge is -2.25. The molecule has 2 aromatic heterocycles. The lowest BCUT2D eigenvalue weighted by atomic mass is 9.99. The Bertz CT molecular complexity index is 1850. The number of nitrogens with zero attached hydrogens (tertiary/aromatic N) is 3. The zero-order chi connectivity index (χ0) is 31.0. The Hall–Kier alpha value is -5.03. The highest BCUT2D eigenvalue weighted by atomic mass is 32.1. The van der Waals surface area contributed by atoms with Gasteiger partial charge in [0.25, 0.3) is 17.7 Å². The highest BCUT2D eigenvalue weighted by molar-refractivity contribution is 7.12. The molecule has 1 aliphatic heterocycles. The van der Waals surface area contributed by atoms with Crippen LogP contribution in [0, 0.1) is 0 Å². The summed E-state index contributed by atoms with van der Waals surface area (Å²) in [4.78, 5) is 41.1. The number of halogens is 3. The van der Waals surface area contributed by atoms with E-state index in [1.54, 1.807) is 36.1 Å². The summed E-state index contributed by atoms with van der Waals surface area (Å²) >= 11 is 1.18. The highest BCUT2D eigenvalue weighted by Gasteiger charge is 2.38. The molecule has 1 N–H and O–H groups in total. The predicted molar refractivity (Wildman–Crippen MR) is 160 cm³/mol. The zero-order valence-corrected chi connectivity index (χ0v) is 24.2. The Balaban J connectivity index is 1.29. The van der Waals surface area contributed by atoms with Crippen molar-refractivity contribution in [2.24, 2.45) is 7.05 Å². The number of fused-ring (bicyclic) bond motifs is 1. The van der Waals surface area contributed by atoms with Crippen molar-refractivity contribution in [3.8, 4) is 22.4 Å². The van der Waals surface area contributed by atoms with Gasteiger partial charge in [-0.3, -0.25) is 24.0 Å². The first-order chi connectivity index (χ1) is 21.1. The molecular weight excluding hydrogens is 589 g/mol. The van der Waals surface area contributed by atoms with Crippen LogP contribution in [0.2, 0.25) is 0 Å². The quantitative estimate of drug-likeness (QED) is 0.203. The van der Waals surface area contributed by atoms with Crippen molar-refractivity contribution in [1.82, 2.24) is 20.0 Å². The van der Waals surface area contributed by atoms with Crippen molar-refractivity contribution in [3.05, 3.63) is 124 Å². The molecule has 0 spiro atoms. The predicted octanol–water partition coefficient (Wildman–Crippen LogP) is 6.47. The number of aryl methyl sites for hydroxylation is 1. The minimum atomic E-state index is -4.62. The van der Waals surface area contributed by atoms with Gasteiger partial charge in [-0.2, -0.15) is 18.3 Å². The summed E-state index contributed by atoms with van der Waals surface area (Å²) in [6, 6.07) is 21.8. The van der Waals surface area contributed by atoms with Gasteiger partial charge in [-0.1, -0.05) is 60.7 Å². The number of benzene rings is 3. The molecule has 7 nitrogen and oxygen atoms in total. The van der Waals surface area contributed by atoms with Crippen molar-refractivity contribution >= 4 is 29.1 Å².